The molecule has 4 bridgehead atoms. The van der Waals surface area contributed by atoms with Crippen molar-refractivity contribution >= 4 is 21.9 Å². The highest BCUT2D eigenvalue weighted by Crippen LogP contribution is 2.35. The highest BCUT2D eigenvalue weighted by atomic mass is 32.2. The van der Waals surface area contributed by atoms with Gasteiger partial charge in [0.05, 0.1) is 26.6 Å². The summed E-state index contributed by atoms with van der Waals surface area (Å²) in [5.41, 5.74) is 0.755. The van der Waals surface area contributed by atoms with E-state index < -0.39 is 34.0 Å². The standard InChI is InChI=1S/C21H30N2O7S/c1-28-18-9-6-14-11-17(21(25)29-2)22-20(24)16(23-31(3,26)27)10-13-4-7-15(8-5-13)30-19(18)12-14/h6,9,12-13,15-17,23H,4-5,7-8,10-11H2,1-3H3,(H,22,24)/t13?,15?,16-,17-/m0/s1. The van der Waals surface area contributed by atoms with Crippen molar-refractivity contribution in [1.29, 1.82) is 0 Å². The molecule has 2 N–H and O–H groups in total. The van der Waals surface area contributed by atoms with Gasteiger partial charge in [0, 0.05) is 6.42 Å². The van der Waals surface area contributed by atoms with E-state index in [4.69, 9.17) is 14.2 Å². The molecule has 0 spiro atoms. The number of carbonyl (C=O) groups is 2. The Morgan fingerprint density at radius 2 is 1.90 bits per heavy atom. The summed E-state index contributed by atoms with van der Waals surface area (Å²) in [7, 11) is -0.798. The number of sulfonamides is 1. The Bertz CT molecular complexity index is 910. The summed E-state index contributed by atoms with van der Waals surface area (Å²) in [6.07, 6.45) is 4.77. The minimum Gasteiger partial charge on any atom is -0.493 e. The molecule has 1 saturated carbocycles. The molecule has 1 aromatic rings. The van der Waals surface area contributed by atoms with Gasteiger partial charge in [0.25, 0.3) is 0 Å². The van der Waals surface area contributed by atoms with E-state index in [9.17, 15) is 18.0 Å². The van der Waals surface area contributed by atoms with Gasteiger partial charge in [-0.3, -0.25) is 4.79 Å². The SMILES string of the molecule is COC(=O)[C@@H]1Cc2ccc(OC)c(c2)OC2CCC(CC2)C[C@H](NS(C)(=O)=O)C(=O)N1. The van der Waals surface area contributed by atoms with Gasteiger partial charge in [-0.15, -0.1) is 0 Å². The molecule has 2 atom stereocenters. The highest BCUT2D eigenvalue weighted by Gasteiger charge is 2.33. The van der Waals surface area contributed by atoms with Crippen LogP contribution >= 0.6 is 0 Å². The maximum atomic E-state index is 13.0. The molecule has 0 saturated heterocycles. The maximum absolute atomic E-state index is 13.0. The molecule has 31 heavy (non-hydrogen) atoms. The molecule has 1 amide bonds. The van der Waals surface area contributed by atoms with E-state index in [1.807, 2.05) is 6.07 Å². The molecule has 2 aliphatic heterocycles. The topological polar surface area (TPSA) is 120 Å². The number of nitrogens with one attached hydrogen (secondary N) is 2. The van der Waals surface area contributed by atoms with E-state index in [1.54, 1.807) is 19.2 Å². The van der Waals surface area contributed by atoms with E-state index in [2.05, 4.69) is 10.0 Å². The van der Waals surface area contributed by atoms with Gasteiger partial charge in [-0.1, -0.05) is 6.07 Å². The van der Waals surface area contributed by atoms with E-state index in [-0.39, 0.29) is 18.4 Å². The molecule has 4 rings (SSSR count). The minimum atomic E-state index is -3.61. The monoisotopic (exact) mass is 454 g/mol. The number of hydrogen-bond acceptors (Lipinski definition) is 7. The third kappa shape index (κ3) is 6.33. The van der Waals surface area contributed by atoms with Crippen LogP contribution in [0.2, 0.25) is 0 Å². The zero-order chi connectivity index (χ0) is 22.6. The largest absolute Gasteiger partial charge is 0.493 e. The number of amides is 1. The summed E-state index contributed by atoms with van der Waals surface area (Å²) in [4.78, 5) is 25.4. The smallest absolute Gasteiger partial charge is 0.328 e. The highest BCUT2D eigenvalue weighted by molar-refractivity contribution is 7.88. The summed E-state index contributed by atoms with van der Waals surface area (Å²) in [6.45, 7) is 0. The first-order valence-electron chi connectivity index (χ1n) is 10.4. The Labute approximate surface area is 182 Å². The van der Waals surface area contributed by atoms with E-state index in [0.717, 1.165) is 37.5 Å². The van der Waals surface area contributed by atoms with Gasteiger partial charge in [0.15, 0.2) is 11.5 Å². The van der Waals surface area contributed by atoms with Crippen molar-refractivity contribution in [2.24, 2.45) is 5.92 Å². The van der Waals surface area contributed by atoms with Crippen molar-refractivity contribution < 1.29 is 32.2 Å². The molecule has 0 radical (unpaired) electrons. The number of ether oxygens (including phenoxy) is 3. The molecule has 0 unspecified atom stereocenters. The van der Waals surface area contributed by atoms with Gasteiger partial charge in [-0.2, -0.15) is 0 Å². The Balaban J connectivity index is 1.96. The number of rotatable bonds is 4. The van der Waals surface area contributed by atoms with Crippen LogP contribution < -0.4 is 19.5 Å². The van der Waals surface area contributed by atoms with Gasteiger partial charge >= 0.3 is 5.97 Å². The predicted octanol–water partition coefficient (Wildman–Crippen LogP) is 1.15. The molecule has 0 aromatic heterocycles. The number of fused-ring (bicyclic) bond motifs is 7. The lowest BCUT2D eigenvalue weighted by Crippen LogP contribution is -2.53. The summed E-state index contributed by atoms with van der Waals surface area (Å²) >= 11 is 0. The Morgan fingerprint density at radius 3 is 2.52 bits per heavy atom. The molecule has 1 aromatic carbocycles. The number of methoxy groups -OCH3 is 2. The maximum Gasteiger partial charge on any atom is 0.328 e. The molecule has 3 aliphatic rings. The van der Waals surface area contributed by atoms with Crippen LogP contribution in [0.1, 0.15) is 37.7 Å². The summed E-state index contributed by atoms with van der Waals surface area (Å²) in [6, 6.07) is 3.45. The second-order valence-electron chi connectivity index (χ2n) is 8.21. The first-order chi connectivity index (χ1) is 14.7. The number of carbonyl (C=O) groups excluding carboxylic acids is 2. The average molecular weight is 455 g/mol. The Morgan fingerprint density at radius 1 is 1.19 bits per heavy atom. The van der Waals surface area contributed by atoms with Crippen molar-refractivity contribution in [3.8, 4) is 11.5 Å². The molecule has 9 nitrogen and oxygen atoms in total. The molecule has 10 heteroatoms. The lowest BCUT2D eigenvalue weighted by Gasteiger charge is -2.32. The zero-order valence-corrected chi connectivity index (χ0v) is 18.9. The second-order valence-corrected chi connectivity index (χ2v) is 9.99. The lowest BCUT2D eigenvalue weighted by atomic mass is 9.83. The van der Waals surface area contributed by atoms with Crippen LogP contribution in [0.3, 0.4) is 0 Å². The van der Waals surface area contributed by atoms with Crippen molar-refractivity contribution in [3.63, 3.8) is 0 Å². The van der Waals surface area contributed by atoms with Gasteiger partial charge in [-0.05, 0) is 55.7 Å². The molecule has 172 valence electrons. The van der Waals surface area contributed by atoms with Crippen molar-refractivity contribution in [3.05, 3.63) is 23.8 Å². The number of esters is 1. The molecule has 1 aliphatic carbocycles. The molecular formula is C21H30N2O7S. The van der Waals surface area contributed by atoms with Crippen LogP contribution in [0.25, 0.3) is 0 Å². The average Bonchev–Trinajstić information content (AvgIpc) is 2.72. The first-order valence-corrected chi connectivity index (χ1v) is 12.3. The summed E-state index contributed by atoms with van der Waals surface area (Å²) < 4.78 is 42.7. The summed E-state index contributed by atoms with van der Waals surface area (Å²) in [5.74, 6) is 0.224. The Hall–Kier alpha value is -2.33. The Kier molecular flexibility index (Phi) is 7.42. The third-order valence-corrected chi connectivity index (χ3v) is 6.51. The van der Waals surface area contributed by atoms with Crippen LogP contribution in [0.15, 0.2) is 18.2 Å². The molecule has 2 heterocycles. The van der Waals surface area contributed by atoms with Gasteiger partial charge in [0.1, 0.15) is 12.1 Å². The summed E-state index contributed by atoms with van der Waals surface area (Å²) in [5, 5.41) is 2.68. The fraction of sp³-hybridized carbons (Fsp3) is 0.619. The van der Waals surface area contributed by atoms with E-state index in [1.165, 1.54) is 7.11 Å². The van der Waals surface area contributed by atoms with Crippen LogP contribution in [0, 0.1) is 5.92 Å². The van der Waals surface area contributed by atoms with Crippen molar-refractivity contribution in [1.82, 2.24) is 10.0 Å². The van der Waals surface area contributed by atoms with E-state index >= 15 is 0 Å². The predicted molar refractivity (Wildman–Crippen MR) is 113 cm³/mol. The van der Waals surface area contributed by atoms with Gasteiger partial charge < -0.3 is 19.5 Å². The van der Waals surface area contributed by atoms with Crippen LogP contribution in [0.4, 0.5) is 0 Å². The number of hydrogen-bond donors (Lipinski definition) is 2. The van der Waals surface area contributed by atoms with Crippen LogP contribution in [-0.4, -0.2) is 59.0 Å². The first kappa shape index (κ1) is 23.3. The minimum absolute atomic E-state index is 0.00916. The quantitative estimate of drug-likeness (QED) is 0.655. The molecule has 1 fully saturated rings. The fourth-order valence-electron chi connectivity index (χ4n) is 4.25. The van der Waals surface area contributed by atoms with Crippen molar-refractivity contribution in [2.75, 3.05) is 20.5 Å². The van der Waals surface area contributed by atoms with Gasteiger partial charge in [-0.25, -0.2) is 17.9 Å². The second kappa shape index (κ2) is 9.86. The van der Waals surface area contributed by atoms with Crippen LogP contribution in [-0.2, 0) is 30.8 Å². The fourth-order valence-corrected chi connectivity index (χ4v) is 4.97. The van der Waals surface area contributed by atoms with Gasteiger partial charge in [0.2, 0.25) is 15.9 Å². The number of benzene rings is 1. The molecular weight excluding hydrogens is 424 g/mol. The zero-order valence-electron chi connectivity index (χ0n) is 18.1. The lowest BCUT2D eigenvalue weighted by molar-refractivity contribution is -0.145. The van der Waals surface area contributed by atoms with E-state index in [0.29, 0.717) is 17.9 Å². The third-order valence-electron chi connectivity index (χ3n) is 5.80. The normalized spacial score (nSPS) is 26.9. The van der Waals surface area contributed by atoms with Crippen molar-refractivity contribution in [2.45, 2.75) is 56.7 Å². The van der Waals surface area contributed by atoms with Crippen LogP contribution in [0.5, 0.6) is 11.5 Å².